The lowest BCUT2D eigenvalue weighted by atomic mass is 10.0. The third-order valence-corrected chi connectivity index (χ3v) is 5.44. The van der Waals surface area contributed by atoms with Crippen LogP contribution in [0.25, 0.3) is 0 Å². The van der Waals surface area contributed by atoms with Gasteiger partial charge < -0.3 is 15.2 Å². The van der Waals surface area contributed by atoms with Crippen LogP contribution in [0.4, 0.5) is 0 Å². The molecule has 3 heterocycles. The molecule has 10 nitrogen and oxygen atoms in total. The molecule has 0 saturated carbocycles. The van der Waals surface area contributed by atoms with Crippen LogP contribution < -0.4 is 5.32 Å². The third-order valence-electron chi connectivity index (χ3n) is 4.10. The normalized spacial score (nSPS) is 21.4. The predicted molar refractivity (Wildman–Crippen MR) is 93.3 cm³/mol. The number of β-lactam (4-membered cyclic amide) rings is 1. The maximum absolute atomic E-state index is 12.5. The van der Waals surface area contributed by atoms with Crippen LogP contribution in [0.2, 0.25) is 0 Å². The van der Waals surface area contributed by atoms with Crippen LogP contribution in [0.5, 0.6) is 0 Å². The summed E-state index contributed by atoms with van der Waals surface area (Å²) in [6.07, 6.45) is 1.66. The van der Waals surface area contributed by atoms with Gasteiger partial charge in [0.05, 0.1) is 5.69 Å². The maximum Gasteiger partial charge on any atom is 0.352 e. The van der Waals surface area contributed by atoms with Crippen molar-refractivity contribution in [2.75, 3.05) is 12.4 Å². The van der Waals surface area contributed by atoms with Gasteiger partial charge in [0.25, 0.3) is 5.91 Å². The summed E-state index contributed by atoms with van der Waals surface area (Å²) in [4.78, 5) is 48.4. The van der Waals surface area contributed by atoms with Crippen molar-refractivity contribution in [3.05, 3.63) is 29.2 Å². The maximum atomic E-state index is 12.5. The van der Waals surface area contributed by atoms with Crippen LogP contribution in [-0.4, -0.2) is 67.3 Å². The van der Waals surface area contributed by atoms with Gasteiger partial charge in [0.1, 0.15) is 30.3 Å². The van der Waals surface area contributed by atoms with Gasteiger partial charge in [-0.15, -0.1) is 11.8 Å². The lowest BCUT2D eigenvalue weighted by molar-refractivity contribution is -0.151. The Morgan fingerprint density at radius 2 is 2.19 bits per heavy atom. The van der Waals surface area contributed by atoms with Crippen molar-refractivity contribution >= 4 is 35.5 Å². The van der Waals surface area contributed by atoms with Gasteiger partial charge in [-0.2, -0.15) is 5.10 Å². The summed E-state index contributed by atoms with van der Waals surface area (Å²) < 4.78 is 6.33. The van der Waals surface area contributed by atoms with E-state index < -0.39 is 29.3 Å². The molecule has 0 bridgehead atoms. The van der Waals surface area contributed by atoms with Crippen molar-refractivity contribution in [3.63, 3.8) is 0 Å². The number of hydrogen-bond donors (Lipinski definition) is 2. The number of aromatic nitrogens is 2. The van der Waals surface area contributed by atoms with E-state index in [-0.39, 0.29) is 30.5 Å². The molecule has 2 amide bonds. The van der Waals surface area contributed by atoms with Gasteiger partial charge in [-0.05, 0) is 13.0 Å². The highest BCUT2D eigenvalue weighted by atomic mass is 32.2. The number of amides is 2. The molecule has 0 aromatic carbocycles. The molecule has 2 atom stereocenters. The van der Waals surface area contributed by atoms with Gasteiger partial charge in [-0.25, -0.2) is 4.79 Å². The fraction of sp³-hybridized carbons (Fsp3) is 0.438. The first-order valence-corrected chi connectivity index (χ1v) is 9.15. The van der Waals surface area contributed by atoms with Gasteiger partial charge in [0, 0.05) is 24.4 Å². The van der Waals surface area contributed by atoms with Gasteiger partial charge in [-0.3, -0.25) is 24.0 Å². The van der Waals surface area contributed by atoms with E-state index in [4.69, 9.17) is 4.74 Å². The Labute approximate surface area is 158 Å². The number of carboxylic acids is 1. The summed E-state index contributed by atoms with van der Waals surface area (Å²) in [5, 5.41) is 15.7. The number of fused-ring (bicyclic) bond motifs is 1. The Balaban J connectivity index is 1.68. The fourth-order valence-corrected chi connectivity index (χ4v) is 4.23. The summed E-state index contributed by atoms with van der Waals surface area (Å²) in [5.74, 6) is -2.41. The minimum atomic E-state index is -1.27. The number of esters is 1. The molecule has 1 fully saturated rings. The molecular formula is C16H18N4O6S. The topological polar surface area (TPSA) is 131 Å². The Morgan fingerprint density at radius 3 is 2.78 bits per heavy atom. The zero-order valence-corrected chi connectivity index (χ0v) is 15.5. The first kappa shape index (κ1) is 19.0. The molecular weight excluding hydrogens is 376 g/mol. The second-order valence-corrected chi connectivity index (χ2v) is 7.25. The molecule has 144 valence electrons. The highest BCUT2D eigenvalue weighted by molar-refractivity contribution is 8.00. The lowest BCUT2D eigenvalue weighted by Crippen LogP contribution is -2.70. The van der Waals surface area contributed by atoms with Crippen molar-refractivity contribution in [1.29, 1.82) is 0 Å². The average molecular weight is 394 g/mol. The van der Waals surface area contributed by atoms with Crippen LogP contribution in [0.3, 0.4) is 0 Å². The number of ether oxygens (including phenoxy) is 1. The lowest BCUT2D eigenvalue weighted by Gasteiger charge is -2.49. The SMILES string of the molecule is CC(=O)OCC1=C(C(=O)O)N2C(=O)C(NC(=O)Cn3ccc(C)n3)C2SC1. The van der Waals surface area contributed by atoms with Gasteiger partial charge in [0.2, 0.25) is 5.91 Å². The molecule has 0 aliphatic carbocycles. The molecule has 1 aromatic rings. The number of aryl methyl sites for hydroxylation is 1. The van der Waals surface area contributed by atoms with Crippen molar-refractivity contribution in [1.82, 2.24) is 20.0 Å². The van der Waals surface area contributed by atoms with E-state index >= 15 is 0 Å². The van der Waals surface area contributed by atoms with Crippen LogP contribution >= 0.6 is 11.8 Å². The second kappa shape index (κ2) is 7.43. The molecule has 3 rings (SSSR count). The standard InChI is InChI=1S/C16H18N4O6S/c1-8-3-4-19(18-8)5-11(22)17-12-14(23)20-13(16(24)25)10(6-26-9(2)21)7-27-15(12)20/h3-4,12,15H,5-7H2,1-2H3,(H,17,22)(H,24,25). The number of thioether (sulfide) groups is 1. The van der Waals surface area contributed by atoms with Crippen LogP contribution in [-0.2, 0) is 30.5 Å². The molecule has 27 heavy (non-hydrogen) atoms. The van der Waals surface area contributed by atoms with Crippen LogP contribution in [0, 0.1) is 6.92 Å². The summed E-state index contributed by atoms with van der Waals surface area (Å²) in [6.45, 7) is 2.80. The van der Waals surface area contributed by atoms with Crippen molar-refractivity contribution < 1.29 is 29.0 Å². The minimum Gasteiger partial charge on any atom is -0.477 e. The molecule has 1 saturated heterocycles. The number of carboxylic acid groups (broad SMARTS) is 1. The van der Waals surface area contributed by atoms with Gasteiger partial charge in [-0.1, -0.05) is 0 Å². The monoisotopic (exact) mass is 394 g/mol. The molecule has 2 aliphatic heterocycles. The number of carbonyl (C=O) groups excluding carboxylic acids is 3. The second-order valence-electron chi connectivity index (χ2n) is 6.15. The summed E-state index contributed by atoms with van der Waals surface area (Å²) in [6, 6.07) is 0.957. The molecule has 1 aromatic heterocycles. The molecule has 0 radical (unpaired) electrons. The Bertz CT molecular complexity index is 848. The highest BCUT2D eigenvalue weighted by Gasteiger charge is 2.54. The predicted octanol–water partition coefficient (Wildman–Crippen LogP) is -0.507. The minimum absolute atomic E-state index is 0.0334. The summed E-state index contributed by atoms with van der Waals surface area (Å²) in [7, 11) is 0. The van der Waals surface area contributed by atoms with E-state index in [2.05, 4.69) is 10.4 Å². The first-order chi connectivity index (χ1) is 12.8. The average Bonchev–Trinajstić information content (AvgIpc) is 3.01. The number of hydrogen-bond acceptors (Lipinski definition) is 7. The zero-order chi connectivity index (χ0) is 19.7. The zero-order valence-electron chi connectivity index (χ0n) is 14.7. The Morgan fingerprint density at radius 1 is 1.44 bits per heavy atom. The van der Waals surface area contributed by atoms with Gasteiger partial charge >= 0.3 is 11.9 Å². The molecule has 2 unspecified atom stereocenters. The first-order valence-electron chi connectivity index (χ1n) is 8.10. The number of carbonyl (C=O) groups is 4. The van der Waals surface area contributed by atoms with Crippen molar-refractivity contribution in [3.8, 4) is 0 Å². The number of nitrogens with one attached hydrogen (secondary N) is 1. The van der Waals surface area contributed by atoms with E-state index in [1.165, 1.54) is 23.4 Å². The highest BCUT2D eigenvalue weighted by Crippen LogP contribution is 2.40. The Hall–Kier alpha value is -2.82. The van der Waals surface area contributed by atoms with E-state index in [0.717, 1.165) is 10.6 Å². The number of rotatable bonds is 6. The third kappa shape index (κ3) is 3.82. The quantitative estimate of drug-likeness (QED) is 0.487. The van der Waals surface area contributed by atoms with E-state index in [0.29, 0.717) is 5.57 Å². The molecule has 2 N–H and O–H groups in total. The van der Waals surface area contributed by atoms with E-state index in [1.807, 2.05) is 0 Å². The van der Waals surface area contributed by atoms with Crippen LogP contribution in [0.15, 0.2) is 23.5 Å². The molecule has 0 spiro atoms. The van der Waals surface area contributed by atoms with Crippen molar-refractivity contribution in [2.24, 2.45) is 0 Å². The number of nitrogens with zero attached hydrogens (tertiary/aromatic N) is 3. The molecule has 2 aliphatic rings. The largest absolute Gasteiger partial charge is 0.477 e. The Kier molecular flexibility index (Phi) is 5.22. The van der Waals surface area contributed by atoms with E-state index in [9.17, 15) is 24.3 Å². The smallest absolute Gasteiger partial charge is 0.352 e. The van der Waals surface area contributed by atoms with Crippen molar-refractivity contribution in [2.45, 2.75) is 31.8 Å². The summed E-state index contributed by atoms with van der Waals surface area (Å²) in [5.41, 5.74) is 0.940. The van der Waals surface area contributed by atoms with E-state index in [1.54, 1.807) is 19.2 Å². The van der Waals surface area contributed by atoms with Crippen LogP contribution in [0.1, 0.15) is 12.6 Å². The molecule has 11 heteroatoms. The summed E-state index contributed by atoms with van der Waals surface area (Å²) >= 11 is 1.31. The van der Waals surface area contributed by atoms with Gasteiger partial charge in [0.15, 0.2) is 0 Å². The fourth-order valence-electron chi connectivity index (χ4n) is 2.90. The number of aliphatic carboxylic acids is 1.